The first-order valence-corrected chi connectivity index (χ1v) is 15.0. The lowest BCUT2D eigenvalue weighted by Crippen LogP contribution is -2.68. The van der Waals surface area contributed by atoms with Gasteiger partial charge in [0.15, 0.2) is 23.0 Å². The first-order chi connectivity index (χ1) is 21.7. The predicted octanol–water partition coefficient (Wildman–Crippen LogP) is 3.52. The molecule has 11 heteroatoms. The third-order valence-corrected chi connectivity index (χ3v) is 10.5. The van der Waals surface area contributed by atoms with Crippen molar-refractivity contribution in [3.8, 4) is 34.8 Å². The van der Waals surface area contributed by atoms with Gasteiger partial charge in [-0.05, 0) is 57.0 Å². The van der Waals surface area contributed by atoms with Crippen molar-refractivity contribution in [2.75, 3.05) is 27.5 Å². The van der Waals surface area contributed by atoms with E-state index in [-0.39, 0.29) is 36.9 Å². The van der Waals surface area contributed by atoms with Gasteiger partial charge in [0.05, 0.1) is 36.4 Å². The monoisotopic (exact) mass is 608 g/mol. The Hall–Kier alpha value is -4.79. The Kier molecular flexibility index (Phi) is 5.92. The van der Waals surface area contributed by atoms with Crippen LogP contribution in [0.1, 0.15) is 66.2 Å². The van der Waals surface area contributed by atoms with Gasteiger partial charge in [0, 0.05) is 40.9 Å². The molecular formula is C34H32N4O7. The number of phenolic OH excluding ortho intramolecular Hbond substituents is 2. The number of nitrogens with zero attached hydrogens (tertiary/aromatic N) is 4. The minimum Gasteiger partial charge on any atom is -0.507 e. The average molecular weight is 609 g/mol. The number of amides is 2. The van der Waals surface area contributed by atoms with Gasteiger partial charge < -0.3 is 24.4 Å². The number of imide groups is 1. The van der Waals surface area contributed by atoms with Crippen LogP contribution in [0.15, 0.2) is 30.3 Å². The van der Waals surface area contributed by atoms with Crippen LogP contribution in [0.5, 0.6) is 28.7 Å². The van der Waals surface area contributed by atoms with Crippen LogP contribution in [-0.2, 0) is 12.8 Å². The molecule has 45 heavy (non-hydrogen) atoms. The van der Waals surface area contributed by atoms with E-state index in [9.17, 15) is 25.1 Å². The Labute approximate surface area is 259 Å². The molecule has 0 radical (unpaired) electrons. The highest BCUT2D eigenvalue weighted by Crippen LogP contribution is 2.58. The lowest BCUT2D eigenvalue weighted by Gasteiger charge is -2.60. The first-order valence-electron chi connectivity index (χ1n) is 15.0. The highest BCUT2D eigenvalue weighted by molar-refractivity contribution is 6.21. The summed E-state index contributed by atoms with van der Waals surface area (Å²) < 4.78 is 17.4. The molecule has 0 aromatic heterocycles. The van der Waals surface area contributed by atoms with Crippen LogP contribution in [0, 0.1) is 25.2 Å². The third kappa shape index (κ3) is 3.52. The quantitative estimate of drug-likeness (QED) is 0.425. The summed E-state index contributed by atoms with van der Waals surface area (Å²) in [6.07, 6.45) is 0.831. The summed E-state index contributed by atoms with van der Waals surface area (Å²) in [6, 6.07) is 8.91. The number of carbonyl (C=O) groups excluding carboxylic acids is 2. The van der Waals surface area contributed by atoms with Crippen molar-refractivity contribution in [3.05, 3.63) is 74.8 Å². The molecule has 3 aromatic carbocycles. The van der Waals surface area contributed by atoms with Crippen LogP contribution < -0.4 is 14.2 Å². The first kappa shape index (κ1) is 27.7. The number of rotatable bonds is 3. The van der Waals surface area contributed by atoms with Gasteiger partial charge in [-0.15, -0.1) is 0 Å². The summed E-state index contributed by atoms with van der Waals surface area (Å²) in [7, 11) is 3.49. The standard InChI is InChI=1S/C34H32N4O7/c1-15-9-17-10-21-23(12-35)38-22(27(36(21)3)25(17)29(40)30(15)43-4)11-20-26(32-31(44-14-45-32)16(2)28(20)39)24(38)13-37-33(41)18-7-5-6-8-19(18)34(37)42/h5-9,21-24,27,39-40H,10-11,13-14H2,1-4H3/t21?,22-,23-,24?,27?/m0/s1. The number of benzene rings is 3. The van der Waals surface area contributed by atoms with Crippen molar-refractivity contribution in [2.45, 2.75) is 56.9 Å². The molecule has 5 aliphatic rings. The van der Waals surface area contributed by atoms with E-state index in [1.54, 1.807) is 31.2 Å². The van der Waals surface area contributed by atoms with E-state index in [1.165, 1.54) is 12.0 Å². The summed E-state index contributed by atoms with van der Waals surface area (Å²) in [5.41, 5.74) is 4.92. The largest absolute Gasteiger partial charge is 0.507 e. The van der Waals surface area contributed by atoms with E-state index >= 15 is 0 Å². The van der Waals surface area contributed by atoms with E-state index < -0.39 is 29.9 Å². The molecule has 11 nitrogen and oxygen atoms in total. The molecule has 0 spiro atoms. The fourth-order valence-corrected chi connectivity index (χ4v) is 8.60. The second kappa shape index (κ2) is 9.60. The van der Waals surface area contributed by atoms with E-state index in [2.05, 4.69) is 15.9 Å². The Bertz CT molecular complexity index is 1850. The van der Waals surface area contributed by atoms with Crippen molar-refractivity contribution in [3.63, 3.8) is 0 Å². The predicted molar refractivity (Wildman–Crippen MR) is 160 cm³/mol. The molecule has 3 aromatic rings. The van der Waals surface area contributed by atoms with Gasteiger partial charge in [0.2, 0.25) is 6.79 Å². The molecule has 2 amide bonds. The van der Waals surface area contributed by atoms with Gasteiger partial charge in [0.25, 0.3) is 11.8 Å². The van der Waals surface area contributed by atoms with Crippen LogP contribution in [0.3, 0.4) is 0 Å². The summed E-state index contributed by atoms with van der Waals surface area (Å²) in [5, 5.41) is 34.1. The van der Waals surface area contributed by atoms with E-state index in [0.717, 1.165) is 16.7 Å². The van der Waals surface area contributed by atoms with Gasteiger partial charge in [-0.3, -0.25) is 24.3 Å². The maximum absolute atomic E-state index is 13.7. The lowest BCUT2D eigenvalue weighted by atomic mass is 9.71. The summed E-state index contributed by atoms with van der Waals surface area (Å²) >= 11 is 0. The smallest absolute Gasteiger partial charge is 0.261 e. The summed E-state index contributed by atoms with van der Waals surface area (Å²) in [4.78, 5) is 32.8. The molecule has 2 N–H and O–H groups in total. The molecular weight excluding hydrogens is 576 g/mol. The molecule has 0 aliphatic carbocycles. The van der Waals surface area contributed by atoms with Crippen molar-refractivity contribution >= 4 is 11.8 Å². The highest BCUT2D eigenvalue weighted by atomic mass is 16.7. The van der Waals surface area contributed by atoms with Crippen LogP contribution in [0.25, 0.3) is 0 Å². The molecule has 5 aliphatic heterocycles. The van der Waals surface area contributed by atoms with Crippen molar-refractivity contribution in [2.24, 2.45) is 0 Å². The van der Waals surface area contributed by atoms with Gasteiger partial charge in [-0.1, -0.05) is 18.2 Å². The summed E-state index contributed by atoms with van der Waals surface area (Å²) in [5.74, 6) is 0.583. The molecule has 8 rings (SSSR count). The number of likely N-dealkylation sites (N-methyl/N-ethyl adjacent to an activating group) is 1. The normalized spacial score (nSPS) is 26.2. The van der Waals surface area contributed by atoms with E-state index in [1.807, 2.05) is 20.0 Å². The number of ether oxygens (including phenoxy) is 3. The number of hydrogen-bond donors (Lipinski definition) is 2. The number of methoxy groups -OCH3 is 1. The second-order valence-corrected chi connectivity index (χ2v) is 12.5. The zero-order valence-electron chi connectivity index (χ0n) is 25.3. The Morgan fingerprint density at radius 2 is 1.69 bits per heavy atom. The number of carbonyl (C=O) groups is 2. The summed E-state index contributed by atoms with van der Waals surface area (Å²) in [6.45, 7) is 3.56. The van der Waals surface area contributed by atoms with Crippen LogP contribution in [-0.4, -0.2) is 82.3 Å². The van der Waals surface area contributed by atoms with Crippen LogP contribution >= 0.6 is 0 Å². The number of nitriles is 1. The van der Waals surface area contributed by atoms with Gasteiger partial charge in [-0.25, -0.2) is 0 Å². The molecule has 230 valence electrons. The molecule has 3 unspecified atom stereocenters. The van der Waals surface area contributed by atoms with Crippen molar-refractivity contribution in [1.29, 1.82) is 5.26 Å². The fourth-order valence-electron chi connectivity index (χ4n) is 8.60. The molecule has 1 fully saturated rings. The second-order valence-electron chi connectivity index (χ2n) is 12.5. The number of hydrogen-bond acceptors (Lipinski definition) is 10. The fraction of sp³-hybridized carbons (Fsp3) is 0.382. The Morgan fingerprint density at radius 1 is 1.00 bits per heavy atom. The number of aryl methyl sites for hydroxylation is 1. The van der Waals surface area contributed by atoms with Gasteiger partial charge in [-0.2, -0.15) is 5.26 Å². The Morgan fingerprint density at radius 3 is 2.36 bits per heavy atom. The zero-order valence-corrected chi connectivity index (χ0v) is 25.3. The SMILES string of the molecule is COc1c(C)cc2c(c1O)C1[C@@H]3Cc4c(O)c(C)c5c(c4C(CN4C(=O)c6ccccc6C4=O)N3[C@@H](C#N)C(C2)N1C)OCO5. The average Bonchev–Trinajstić information content (AvgIpc) is 3.60. The molecule has 0 saturated carbocycles. The van der Waals surface area contributed by atoms with Crippen molar-refractivity contribution in [1.82, 2.24) is 14.7 Å². The number of piperazine rings is 1. The maximum atomic E-state index is 13.7. The molecule has 1 saturated heterocycles. The third-order valence-electron chi connectivity index (χ3n) is 10.5. The van der Waals surface area contributed by atoms with Crippen LogP contribution in [0.4, 0.5) is 0 Å². The lowest BCUT2D eigenvalue weighted by molar-refractivity contribution is -0.0758. The Balaban J connectivity index is 1.35. The molecule has 5 atom stereocenters. The number of phenols is 2. The van der Waals surface area contributed by atoms with Crippen molar-refractivity contribution < 1.29 is 34.0 Å². The van der Waals surface area contributed by atoms with E-state index in [0.29, 0.717) is 57.9 Å². The molecule has 2 bridgehead atoms. The number of aromatic hydroxyl groups is 2. The zero-order chi connectivity index (χ0) is 31.5. The topological polar surface area (TPSA) is 136 Å². The highest BCUT2D eigenvalue weighted by Gasteiger charge is 2.57. The van der Waals surface area contributed by atoms with Gasteiger partial charge in [0.1, 0.15) is 11.8 Å². The van der Waals surface area contributed by atoms with Gasteiger partial charge >= 0.3 is 0 Å². The minimum atomic E-state index is -0.706. The minimum absolute atomic E-state index is 0.0364. The maximum Gasteiger partial charge on any atom is 0.261 e. The molecule has 5 heterocycles. The van der Waals surface area contributed by atoms with Crippen LogP contribution in [0.2, 0.25) is 0 Å². The van der Waals surface area contributed by atoms with E-state index in [4.69, 9.17) is 14.2 Å². The number of fused-ring (bicyclic) bond motifs is 10.